The van der Waals surface area contributed by atoms with Crippen molar-refractivity contribution in [3.05, 3.63) is 42.7 Å². The number of aromatic nitrogens is 2. The number of nitrogens with one attached hydrogen (secondary N) is 1. The van der Waals surface area contributed by atoms with Crippen molar-refractivity contribution in [2.75, 3.05) is 0 Å². The van der Waals surface area contributed by atoms with Gasteiger partial charge in [-0.3, -0.25) is 14.9 Å². The van der Waals surface area contributed by atoms with E-state index in [1.54, 1.807) is 0 Å². The van der Waals surface area contributed by atoms with E-state index in [1.807, 2.05) is 35.3 Å². The first kappa shape index (κ1) is 13.8. The van der Waals surface area contributed by atoms with Crippen molar-refractivity contribution in [1.29, 1.82) is 0 Å². The van der Waals surface area contributed by atoms with Crippen molar-refractivity contribution in [3.8, 4) is 11.1 Å². The number of carbonyl (C=O) groups is 1. The summed E-state index contributed by atoms with van der Waals surface area (Å²) in [7, 11) is 0. The summed E-state index contributed by atoms with van der Waals surface area (Å²) in [6.07, 6.45) is 4.92. The summed E-state index contributed by atoms with van der Waals surface area (Å²) in [6, 6.07) is 10.1. The van der Waals surface area contributed by atoms with E-state index in [1.165, 1.54) is 0 Å². The normalized spacial score (nSPS) is 21.4. The summed E-state index contributed by atoms with van der Waals surface area (Å²) in [5, 5.41) is 4.36. The molecular weight excluding hydrogens is 268 g/mol. The number of hydrogen-bond donors (Lipinski definition) is 2. The smallest absolute Gasteiger partial charge is 0.263 e. The molecule has 0 spiro atoms. The van der Waals surface area contributed by atoms with Crippen LogP contribution in [0.1, 0.15) is 12.8 Å². The molecule has 3 N–H and O–H groups in total. The molecule has 1 saturated heterocycles. The zero-order valence-electron chi connectivity index (χ0n) is 11.6. The molecule has 21 heavy (non-hydrogen) atoms. The third kappa shape index (κ3) is 3.12. The first-order valence-electron chi connectivity index (χ1n) is 7.00. The summed E-state index contributed by atoms with van der Waals surface area (Å²) in [4.78, 5) is 11.4. The molecule has 2 heterocycles. The second kappa shape index (κ2) is 6.07. The fourth-order valence-corrected chi connectivity index (χ4v) is 2.58. The van der Waals surface area contributed by atoms with Crippen LogP contribution in [0.4, 0.5) is 0 Å². The SMILES string of the molecule is NNC(=O)C1CCC(Cn2cc(-c3ccccc3)cn2)O1. The average Bonchev–Trinajstić information content (AvgIpc) is 3.17. The van der Waals surface area contributed by atoms with Crippen LogP contribution in [0.3, 0.4) is 0 Å². The first-order valence-corrected chi connectivity index (χ1v) is 7.00. The molecule has 1 aromatic carbocycles. The van der Waals surface area contributed by atoms with Crippen molar-refractivity contribution in [1.82, 2.24) is 15.2 Å². The van der Waals surface area contributed by atoms with Crippen molar-refractivity contribution < 1.29 is 9.53 Å². The molecule has 1 aliphatic rings. The molecule has 0 aliphatic carbocycles. The minimum absolute atomic E-state index is 0.00387. The van der Waals surface area contributed by atoms with Gasteiger partial charge in [-0.25, -0.2) is 5.84 Å². The lowest BCUT2D eigenvalue weighted by Crippen LogP contribution is -2.39. The maximum absolute atomic E-state index is 11.4. The van der Waals surface area contributed by atoms with Gasteiger partial charge < -0.3 is 4.74 Å². The number of nitrogens with zero attached hydrogens (tertiary/aromatic N) is 2. The highest BCUT2D eigenvalue weighted by molar-refractivity contribution is 5.80. The first-order chi connectivity index (χ1) is 10.3. The molecule has 2 aromatic rings. The number of hydrazine groups is 1. The monoisotopic (exact) mass is 286 g/mol. The van der Waals surface area contributed by atoms with Crippen LogP contribution in [0.25, 0.3) is 11.1 Å². The quantitative estimate of drug-likeness (QED) is 0.501. The molecule has 2 unspecified atom stereocenters. The largest absolute Gasteiger partial charge is 0.363 e. The van der Waals surface area contributed by atoms with Crippen molar-refractivity contribution in [2.45, 2.75) is 31.6 Å². The van der Waals surface area contributed by atoms with Crippen LogP contribution < -0.4 is 11.3 Å². The number of amides is 1. The Morgan fingerprint density at radius 2 is 2.14 bits per heavy atom. The molecule has 0 saturated carbocycles. The lowest BCUT2D eigenvalue weighted by molar-refractivity contribution is -0.132. The van der Waals surface area contributed by atoms with Gasteiger partial charge in [0, 0.05) is 11.8 Å². The predicted octanol–water partition coefficient (Wildman–Crippen LogP) is 1.09. The summed E-state index contributed by atoms with van der Waals surface area (Å²) in [5.74, 6) is 4.86. The topological polar surface area (TPSA) is 82.2 Å². The van der Waals surface area contributed by atoms with Gasteiger partial charge in [0.05, 0.1) is 18.8 Å². The van der Waals surface area contributed by atoms with E-state index >= 15 is 0 Å². The van der Waals surface area contributed by atoms with Crippen LogP contribution in [0.5, 0.6) is 0 Å². The summed E-state index contributed by atoms with van der Waals surface area (Å²) in [5.41, 5.74) is 4.34. The number of hydrogen-bond acceptors (Lipinski definition) is 4. The van der Waals surface area contributed by atoms with E-state index in [9.17, 15) is 4.79 Å². The average molecular weight is 286 g/mol. The van der Waals surface area contributed by atoms with Gasteiger partial charge in [0.15, 0.2) is 0 Å². The predicted molar refractivity (Wildman–Crippen MR) is 77.9 cm³/mol. The van der Waals surface area contributed by atoms with E-state index in [0.29, 0.717) is 13.0 Å². The van der Waals surface area contributed by atoms with Gasteiger partial charge >= 0.3 is 0 Å². The molecule has 1 amide bonds. The van der Waals surface area contributed by atoms with Gasteiger partial charge in [0.25, 0.3) is 5.91 Å². The highest BCUT2D eigenvalue weighted by Gasteiger charge is 2.30. The Labute approximate surface area is 122 Å². The van der Waals surface area contributed by atoms with E-state index in [4.69, 9.17) is 10.6 Å². The molecule has 6 nitrogen and oxygen atoms in total. The Balaban J connectivity index is 1.62. The van der Waals surface area contributed by atoms with Crippen LogP contribution in [-0.2, 0) is 16.1 Å². The molecule has 0 radical (unpaired) electrons. The van der Waals surface area contributed by atoms with Crippen LogP contribution >= 0.6 is 0 Å². The molecule has 1 fully saturated rings. The van der Waals surface area contributed by atoms with Crippen LogP contribution in [-0.4, -0.2) is 27.9 Å². The van der Waals surface area contributed by atoms with E-state index in [0.717, 1.165) is 17.5 Å². The maximum Gasteiger partial charge on any atom is 0.263 e. The van der Waals surface area contributed by atoms with Gasteiger partial charge in [-0.15, -0.1) is 0 Å². The number of nitrogens with two attached hydrogens (primary N) is 1. The Bertz CT molecular complexity index is 611. The second-order valence-corrected chi connectivity index (χ2v) is 5.15. The zero-order valence-corrected chi connectivity index (χ0v) is 11.6. The molecule has 2 atom stereocenters. The Hall–Kier alpha value is -2.18. The molecule has 1 aliphatic heterocycles. The molecule has 0 bridgehead atoms. The van der Waals surface area contributed by atoms with Gasteiger partial charge in [0.1, 0.15) is 6.10 Å². The zero-order chi connectivity index (χ0) is 14.7. The molecular formula is C15H18N4O2. The lowest BCUT2D eigenvalue weighted by atomic mass is 10.1. The number of rotatable bonds is 4. The highest BCUT2D eigenvalue weighted by Crippen LogP contribution is 2.22. The number of benzene rings is 1. The standard InChI is InChI=1S/C15H18N4O2/c16-18-15(20)14-7-6-13(21-14)10-19-9-12(8-17-19)11-4-2-1-3-5-11/h1-5,8-9,13-14H,6-7,10,16H2,(H,18,20). The van der Waals surface area contributed by atoms with Crippen molar-refractivity contribution >= 4 is 5.91 Å². The molecule has 3 rings (SSSR count). The molecule has 6 heteroatoms. The third-order valence-electron chi connectivity index (χ3n) is 3.67. The van der Waals surface area contributed by atoms with E-state index in [-0.39, 0.29) is 12.0 Å². The fourth-order valence-electron chi connectivity index (χ4n) is 2.58. The Morgan fingerprint density at radius 3 is 2.90 bits per heavy atom. The van der Waals surface area contributed by atoms with Gasteiger partial charge in [0.2, 0.25) is 0 Å². The Kier molecular flexibility index (Phi) is 3.98. The van der Waals surface area contributed by atoms with Gasteiger partial charge in [-0.2, -0.15) is 5.10 Å². The van der Waals surface area contributed by atoms with Crippen LogP contribution in [0.2, 0.25) is 0 Å². The molecule has 1 aromatic heterocycles. The fraction of sp³-hybridized carbons (Fsp3) is 0.333. The van der Waals surface area contributed by atoms with E-state index < -0.39 is 6.10 Å². The molecule has 110 valence electrons. The second-order valence-electron chi connectivity index (χ2n) is 5.15. The van der Waals surface area contributed by atoms with Crippen molar-refractivity contribution in [2.24, 2.45) is 5.84 Å². The third-order valence-corrected chi connectivity index (χ3v) is 3.67. The summed E-state index contributed by atoms with van der Waals surface area (Å²) < 4.78 is 7.54. The van der Waals surface area contributed by atoms with E-state index in [2.05, 4.69) is 22.7 Å². The van der Waals surface area contributed by atoms with Crippen LogP contribution in [0, 0.1) is 0 Å². The minimum atomic E-state index is -0.441. The Morgan fingerprint density at radius 1 is 1.33 bits per heavy atom. The van der Waals surface area contributed by atoms with Gasteiger partial charge in [-0.05, 0) is 18.4 Å². The maximum atomic E-state index is 11.4. The van der Waals surface area contributed by atoms with Crippen molar-refractivity contribution in [3.63, 3.8) is 0 Å². The summed E-state index contributed by atoms with van der Waals surface area (Å²) in [6.45, 7) is 0.640. The summed E-state index contributed by atoms with van der Waals surface area (Å²) >= 11 is 0. The van der Waals surface area contributed by atoms with Gasteiger partial charge in [-0.1, -0.05) is 30.3 Å². The highest BCUT2D eigenvalue weighted by atomic mass is 16.5. The lowest BCUT2D eigenvalue weighted by Gasteiger charge is -2.12. The minimum Gasteiger partial charge on any atom is -0.363 e. The van der Waals surface area contributed by atoms with Crippen LogP contribution in [0.15, 0.2) is 42.7 Å². The number of ether oxygens (including phenoxy) is 1. The number of carbonyl (C=O) groups excluding carboxylic acids is 1.